The highest BCUT2D eigenvalue weighted by molar-refractivity contribution is 7.80. The van der Waals surface area contributed by atoms with Crippen LogP contribution in [0.2, 0.25) is 5.02 Å². The zero-order valence-electron chi connectivity index (χ0n) is 17.5. The molecule has 32 heavy (non-hydrogen) atoms. The highest BCUT2D eigenvalue weighted by atomic mass is 35.5. The van der Waals surface area contributed by atoms with Crippen molar-refractivity contribution in [2.24, 2.45) is 0 Å². The lowest BCUT2D eigenvalue weighted by Gasteiger charge is -2.10. The zero-order valence-corrected chi connectivity index (χ0v) is 19.1. The first-order valence-electron chi connectivity index (χ1n) is 10.0. The molecule has 4 aromatic rings. The van der Waals surface area contributed by atoms with Gasteiger partial charge in [-0.15, -0.1) is 0 Å². The molecule has 1 aromatic heterocycles. The van der Waals surface area contributed by atoms with E-state index in [2.05, 4.69) is 20.6 Å². The predicted molar refractivity (Wildman–Crippen MR) is 133 cm³/mol. The number of rotatable bonds is 5. The van der Waals surface area contributed by atoms with Crippen molar-refractivity contribution >= 4 is 51.6 Å². The van der Waals surface area contributed by atoms with Gasteiger partial charge in [-0.05, 0) is 92.3 Å². The molecule has 0 aliphatic rings. The summed E-state index contributed by atoms with van der Waals surface area (Å²) in [5.41, 5.74) is 4.91. The number of anilines is 1. The molecule has 0 radical (unpaired) electrons. The number of aromatic amines is 1. The molecule has 0 saturated heterocycles. The first-order valence-corrected chi connectivity index (χ1v) is 10.8. The van der Waals surface area contributed by atoms with Gasteiger partial charge in [-0.2, -0.15) is 0 Å². The number of carbonyl (C=O) groups excluding carboxylic acids is 1. The third-order valence-corrected chi connectivity index (χ3v) is 5.44. The smallest absolute Gasteiger partial charge is 0.257 e. The van der Waals surface area contributed by atoms with Crippen molar-refractivity contribution in [3.8, 4) is 17.1 Å². The monoisotopic (exact) mass is 464 g/mol. The van der Waals surface area contributed by atoms with Crippen molar-refractivity contribution in [2.75, 3.05) is 11.9 Å². The van der Waals surface area contributed by atoms with Gasteiger partial charge in [0.1, 0.15) is 11.6 Å². The maximum atomic E-state index is 12.4. The van der Waals surface area contributed by atoms with Crippen LogP contribution in [0, 0.1) is 6.92 Å². The van der Waals surface area contributed by atoms with Crippen LogP contribution >= 0.6 is 23.8 Å². The van der Waals surface area contributed by atoms with E-state index >= 15 is 0 Å². The van der Waals surface area contributed by atoms with Gasteiger partial charge in [0, 0.05) is 21.8 Å². The Morgan fingerprint density at radius 2 is 1.84 bits per heavy atom. The summed E-state index contributed by atoms with van der Waals surface area (Å²) >= 11 is 11.5. The van der Waals surface area contributed by atoms with Crippen LogP contribution in [0.3, 0.4) is 0 Å². The normalized spacial score (nSPS) is 10.7. The van der Waals surface area contributed by atoms with E-state index in [0.29, 0.717) is 22.9 Å². The van der Waals surface area contributed by atoms with Gasteiger partial charge < -0.3 is 15.0 Å². The minimum absolute atomic E-state index is 0.213. The van der Waals surface area contributed by atoms with E-state index in [1.807, 2.05) is 50.2 Å². The number of H-pyrrole nitrogens is 1. The number of amides is 1. The topological polar surface area (TPSA) is 79.0 Å². The van der Waals surface area contributed by atoms with Crippen LogP contribution in [0.25, 0.3) is 22.4 Å². The molecule has 1 heterocycles. The standard InChI is InChI=1S/C24H21ClN4O2S/c1-3-31-18-10-6-16(7-11-18)23(30)29-24(32)26-17-8-4-15(5-9-17)22-27-20-12-14(2)19(25)13-21(20)28-22/h4-13H,3H2,1-2H3,(H,27,28)(H2,26,29,30,32). The second-order valence-corrected chi connectivity index (χ2v) is 7.96. The fraction of sp³-hybridized carbons (Fsp3) is 0.125. The number of nitrogens with zero attached hydrogens (tertiary/aromatic N) is 1. The lowest BCUT2D eigenvalue weighted by Crippen LogP contribution is -2.34. The van der Waals surface area contributed by atoms with Crippen molar-refractivity contribution in [3.63, 3.8) is 0 Å². The van der Waals surface area contributed by atoms with E-state index in [1.54, 1.807) is 24.3 Å². The molecule has 8 heteroatoms. The van der Waals surface area contributed by atoms with Gasteiger partial charge in [-0.1, -0.05) is 11.6 Å². The van der Waals surface area contributed by atoms with Crippen LogP contribution in [0.4, 0.5) is 5.69 Å². The van der Waals surface area contributed by atoms with Crippen LogP contribution in [-0.2, 0) is 0 Å². The number of aryl methyl sites for hydroxylation is 1. The summed E-state index contributed by atoms with van der Waals surface area (Å²) in [5, 5.41) is 6.61. The van der Waals surface area contributed by atoms with Crippen LogP contribution in [0.15, 0.2) is 60.7 Å². The van der Waals surface area contributed by atoms with Gasteiger partial charge in [0.25, 0.3) is 5.91 Å². The number of hydrogen-bond acceptors (Lipinski definition) is 4. The fourth-order valence-corrected chi connectivity index (χ4v) is 3.56. The van der Waals surface area contributed by atoms with Gasteiger partial charge in [-0.25, -0.2) is 4.98 Å². The molecule has 162 valence electrons. The first-order chi connectivity index (χ1) is 15.4. The van der Waals surface area contributed by atoms with Gasteiger partial charge in [0.2, 0.25) is 0 Å². The average molecular weight is 465 g/mol. The van der Waals surface area contributed by atoms with Crippen LogP contribution in [-0.4, -0.2) is 27.6 Å². The van der Waals surface area contributed by atoms with Crippen molar-refractivity contribution in [1.29, 1.82) is 0 Å². The predicted octanol–water partition coefficient (Wildman–Crippen LogP) is 5.72. The number of imidazole rings is 1. The molecule has 0 atom stereocenters. The molecule has 0 aliphatic heterocycles. The minimum atomic E-state index is -0.293. The van der Waals surface area contributed by atoms with Gasteiger partial charge >= 0.3 is 0 Å². The minimum Gasteiger partial charge on any atom is -0.494 e. The molecule has 1 amide bonds. The summed E-state index contributed by atoms with van der Waals surface area (Å²) < 4.78 is 5.39. The molecule has 0 spiro atoms. The lowest BCUT2D eigenvalue weighted by molar-refractivity contribution is 0.0977. The van der Waals surface area contributed by atoms with Crippen molar-refractivity contribution in [3.05, 3.63) is 76.8 Å². The summed E-state index contributed by atoms with van der Waals surface area (Å²) in [4.78, 5) is 20.3. The molecule has 0 fully saturated rings. The van der Waals surface area contributed by atoms with E-state index in [9.17, 15) is 4.79 Å². The Hall–Kier alpha value is -3.42. The van der Waals surface area contributed by atoms with E-state index in [-0.39, 0.29) is 11.0 Å². The highest BCUT2D eigenvalue weighted by Crippen LogP contribution is 2.26. The number of halogens is 1. The third-order valence-electron chi connectivity index (χ3n) is 4.83. The molecule has 3 aromatic carbocycles. The third kappa shape index (κ3) is 4.90. The number of carbonyl (C=O) groups is 1. The first kappa shape index (κ1) is 21.8. The molecule has 0 saturated carbocycles. The SMILES string of the molecule is CCOc1ccc(C(=O)NC(=S)Nc2ccc(-c3nc4cc(Cl)c(C)cc4[nH]3)cc2)cc1. The van der Waals surface area contributed by atoms with Gasteiger partial charge in [-0.3, -0.25) is 10.1 Å². The number of thiocarbonyl (C=S) groups is 1. The Bertz CT molecular complexity index is 1250. The fourth-order valence-electron chi connectivity index (χ4n) is 3.19. The second kappa shape index (κ2) is 9.38. The maximum absolute atomic E-state index is 12.4. The van der Waals surface area contributed by atoms with E-state index in [0.717, 1.165) is 33.7 Å². The van der Waals surface area contributed by atoms with Crippen molar-refractivity contribution in [2.45, 2.75) is 13.8 Å². The second-order valence-electron chi connectivity index (χ2n) is 7.15. The summed E-state index contributed by atoms with van der Waals surface area (Å²) in [6.07, 6.45) is 0. The zero-order chi connectivity index (χ0) is 22.7. The summed E-state index contributed by atoms with van der Waals surface area (Å²) in [6, 6.07) is 18.3. The van der Waals surface area contributed by atoms with E-state index < -0.39 is 0 Å². The maximum Gasteiger partial charge on any atom is 0.257 e. The summed E-state index contributed by atoms with van der Waals surface area (Å²) in [5.74, 6) is 1.17. The number of aromatic nitrogens is 2. The molecule has 0 bridgehead atoms. The molecule has 0 unspecified atom stereocenters. The molecule has 0 aliphatic carbocycles. The van der Waals surface area contributed by atoms with Crippen LogP contribution in [0.1, 0.15) is 22.8 Å². The number of benzene rings is 3. The number of fused-ring (bicyclic) bond motifs is 1. The summed E-state index contributed by atoms with van der Waals surface area (Å²) in [7, 11) is 0. The largest absolute Gasteiger partial charge is 0.494 e. The Balaban J connectivity index is 1.40. The number of nitrogens with one attached hydrogen (secondary N) is 3. The van der Waals surface area contributed by atoms with E-state index in [1.165, 1.54) is 0 Å². The average Bonchev–Trinajstić information content (AvgIpc) is 3.18. The van der Waals surface area contributed by atoms with Crippen LogP contribution < -0.4 is 15.4 Å². The highest BCUT2D eigenvalue weighted by Gasteiger charge is 2.10. The Kier molecular flexibility index (Phi) is 6.39. The Morgan fingerprint density at radius 1 is 1.12 bits per heavy atom. The number of ether oxygens (including phenoxy) is 1. The molecule has 6 nitrogen and oxygen atoms in total. The molecular formula is C24H21ClN4O2S. The van der Waals surface area contributed by atoms with Crippen LogP contribution in [0.5, 0.6) is 5.75 Å². The molecule has 3 N–H and O–H groups in total. The number of hydrogen-bond donors (Lipinski definition) is 3. The van der Waals surface area contributed by atoms with Gasteiger partial charge in [0.05, 0.1) is 17.6 Å². The van der Waals surface area contributed by atoms with E-state index in [4.69, 9.17) is 28.6 Å². The molecular weight excluding hydrogens is 444 g/mol. The molecule has 4 rings (SSSR count). The van der Waals surface area contributed by atoms with Crippen molar-refractivity contribution in [1.82, 2.24) is 15.3 Å². The van der Waals surface area contributed by atoms with Gasteiger partial charge in [0.15, 0.2) is 5.11 Å². The Labute approximate surface area is 196 Å². The summed E-state index contributed by atoms with van der Waals surface area (Å²) in [6.45, 7) is 4.44. The lowest BCUT2D eigenvalue weighted by atomic mass is 10.2. The quantitative estimate of drug-likeness (QED) is 0.329. The Morgan fingerprint density at radius 3 is 2.53 bits per heavy atom. The van der Waals surface area contributed by atoms with Crippen molar-refractivity contribution < 1.29 is 9.53 Å².